The van der Waals surface area contributed by atoms with E-state index in [0.717, 1.165) is 41.7 Å². The Kier molecular flexibility index (Phi) is 4.85. The van der Waals surface area contributed by atoms with E-state index in [9.17, 15) is 4.79 Å². The molecule has 0 bridgehead atoms. The van der Waals surface area contributed by atoms with Crippen molar-refractivity contribution in [3.63, 3.8) is 0 Å². The number of nitrogens with zero attached hydrogens (tertiary/aromatic N) is 5. The Bertz CT molecular complexity index is 960. The van der Waals surface area contributed by atoms with Gasteiger partial charge in [-0.1, -0.05) is 30.3 Å². The van der Waals surface area contributed by atoms with Crippen molar-refractivity contribution in [2.75, 3.05) is 26.2 Å². The second-order valence-corrected chi connectivity index (χ2v) is 6.85. The van der Waals surface area contributed by atoms with Crippen LogP contribution >= 0.6 is 0 Å². The van der Waals surface area contributed by atoms with E-state index in [1.165, 1.54) is 0 Å². The molecule has 1 aromatic carbocycles. The summed E-state index contributed by atoms with van der Waals surface area (Å²) in [6, 6.07) is 9.70. The number of benzene rings is 1. The third-order valence-electron chi connectivity index (χ3n) is 4.91. The molecule has 0 aliphatic carbocycles. The van der Waals surface area contributed by atoms with Crippen molar-refractivity contribution in [1.29, 1.82) is 0 Å². The molecule has 7 nitrogen and oxygen atoms in total. The summed E-state index contributed by atoms with van der Waals surface area (Å²) in [5.41, 5.74) is 2.46. The number of carbonyl (C=O) groups is 1. The van der Waals surface area contributed by atoms with Crippen LogP contribution in [-0.2, 0) is 13.0 Å². The van der Waals surface area contributed by atoms with Crippen molar-refractivity contribution in [3.05, 3.63) is 53.3 Å². The van der Waals surface area contributed by atoms with E-state index in [1.54, 1.807) is 0 Å². The quantitative estimate of drug-likeness (QED) is 0.707. The zero-order valence-electron chi connectivity index (χ0n) is 15.7. The second-order valence-electron chi connectivity index (χ2n) is 6.85. The first-order valence-corrected chi connectivity index (χ1v) is 9.33. The first-order valence-electron chi connectivity index (χ1n) is 9.33. The van der Waals surface area contributed by atoms with Crippen LogP contribution in [-0.4, -0.2) is 57.0 Å². The molecule has 2 aromatic heterocycles. The molecule has 1 amide bonds. The first-order chi connectivity index (χ1) is 13.1. The molecule has 140 valence electrons. The van der Waals surface area contributed by atoms with Crippen LogP contribution in [0.5, 0.6) is 0 Å². The number of hydrogen-bond acceptors (Lipinski definition) is 6. The van der Waals surface area contributed by atoms with Gasteiger partial charge in [-0.05, 0) is 19.1 Å². The Morgan fingerprint density at radius 1 is 1.15 bits per heavy atom. The molecule has 1 fully saturated rings. The Balaban J connectivity index is 1.44. The smallest absolute Gasteiger partial charge is 0.254 e. The highest BCUT2D eigenvalue weighted by Gasteiger charge is 2.24. The van der Waals surface area contributed by atoms with Crippen molar-refractivity contribution >= 4 is 16.8 Å². The number of rotatable bonds is 4. The fourth-order valence-electron chi connectivity index (χ4n) is 3.46. The maximum absolute atomic E-state index is 13.1. The van der Waals surface area contributed by atoms with Gasteiger partial charge in [0.25, 0.3) is 5.91 Å². The van der Waals surface area contributed by atoms with E-state index >= 15 is 0 Å². The number of amides is 1. The van der Waals surface area contributed by atoms with E-state index < -0.39 is 0 Å². The highest BCUT2D eigenvalue weighted by Crippen LogP contribution is 2.20. The van der Waals surface area contributed by atoms with Gasteiger partial charge in [0.15, 0.2) is 5.82 Å². The van der Waals surface area contributed by atoms with Crippen molar-refractivity contribution in [1.82, 2.24) is 24.9 Å². The lowest BCUT2D eigenvalue weighted by molar-refractivity contribution is 0.0626. The number of piperazine rings is 1. The maximum atomic E-state index is 13.1. The van der Waals surface area contributed by atoms with Gasteiger partial charge in [-0.2, -0.15) is 4.98 Å². The third-order valence-corrected chi connectivity index (χ3v) is 4.91. The van der Waals surface area contributed by atoms with Crippen LogP contribution < -0.4 is 0 Å². The van der Waals surface area contributed by atoms with Crippen molar-refractivity contribution in [2.45, 2.75) is 26.8 Å². The molecule has 0 unspecified atom stereocenters. The fourth-order valence-corrected chi connectivity index (χ4v) is 3.46. The summed E-state index contributed by atoms with van der Waals surface area (Å²) in [6.07, 6.45) is 0.745. The number of fused-ring (bicyclic) bond motifs is 1. The number of para-hydroxylation sites is 1. The van der Waals surface area contributed by atoms with E-state index in [2.05, 4.69) is 20.0 Å². The molecule has 7 heteroatoms. The Morgan fingerprint density at radius 2 is 1.93 bits per heavy atom. The number of aromatic nitrogens is 3. The molecule has 0 N–H and O–H groups in total. The average molecular weight is 365 g/mol. The van der Waals surface area contributed by atoms with Crippen LogP contribution in [0.1, 0.15) is 34.7 Å². The lowest BCUT2D eigenvalue weighted by Gasteiger charge is -2.34. The zero-order chi connectivity index (χ0) is 18.8. The van der Waals surface area contributed by atoms with Gasteiger partial charge in [0, 0.05) is 43.7 Å². The predicted molar refractivity (Wildman–Crippen MR) is 101 cm³/mol. The van der Waals surface area contributed by atoms with Gasteiger partial charge in [0.1, 0.15) is 0 Å². The summed E-state index contributed by atoms with van der Waals surface area (Å²) in [5, 5.41) is 4.92. The number of pyridine rings is 1. The largest absolute Gasteiger partial charge is 0.339 e. The summed E-state index contributed by atoms with van der Waals surface area (Å²) < 4.78 is 5.17. The predicted octanol–water partition coefficient (Wildman–Crippen LogP) is 2.45. The van der Waals surface area contributed by atoms with Crippen molar-refractivity contribution in [3.8, 4) is 0 Å². The Labute approximate surface area is 158 Å². The summed E-state index contributed by atoms with van der Waals surface area (Å²) in [7, 11) is 0. The highest BCUT2D eigenvalue weighted by atomic mass is 16.5. The minimum absolute atomic E-state index is 0.0733. The molecule has 0 spiro atoms. The fraction of sp³-hybridized carbons (Fsp3) is 0.400. The van der Waals surface area contributed by atoms with Crippen LogP contribution in [0.3, 0.4) is 0 Å². The summed E-state index contributed by atoms with van der Waals surface area (Å²) >= 11 is 0. The van der Waals surface area contributed by atoms with E-state index in [0.29, 0.717) is 31.3 Å². The monoisotopic (exact) mass is 365 g/mol. The Hall–Kier alpha value is -2.80. The molecule has 0 saturated carbocycles. The topological polar surface area (TPSA) is 75.4 Å². The van der Waals surface area contributed by atoms with Crippen LogP contribution in [0, 0.1) is 6.92 Å². The van der Waals surface area contributed by atoms with Crippen LogP contribution in [0.4, 0.5) is 0 Å². The van der Waals surface area contributed by atoms with Gasteiger partial charge in [0.2, 0.25) is 5.89 Å². The first kappa shape index (κ1) is 17.6. The van der Waals surface area contributed by atoms with Gasteiger partial charge in [-0.15, -0.1) is 0 Å². The van der Waals surface area contributed by atoms with Crippen LogP contribution in [0.2, 0.25) is 0 Å². The molecule has 0 atom stereocenters. The lowest BCUT2D eigenvalue weighted by atomic mass is 10.1. The molecular weight excluding hydrogens is 342 g/mol. The Morgan fingerprint density at radius 3 is 2.67 bits per heavy atom. The SMILES string of the molecule is CCc1nc(CN2CCN(C(=O)c3cc(C)nc4ccccc34)CC2)no1. The van der Waals surface area contributed by atoms with Gasteiger partial charge >= 0.3 is 0 Å². The maximum Gasteiger partial charge on any atom is 0.254 e. The zero-order valence-corrected chi connectivity index (χ0v) is 15.7. The van der Waals surface area contributed by atoms with Gasteiger partial charge in [-0.25, -0.2) is 0 Å². The van der Waals surface area contributed by atoms with E-state index in [-0.39, 0.29) is 5.91 Å². The normalized spacial score (nSPS) is 15.4. The van der Waals surface area contributed by atoms with Crippen LogP contribution in [0.25, 0.3) is 10.9 Å². The number of hydrogen-bond donors (Lipinski definition) is 0. The van der Waals surface area contributed by atoms with Gasteiger partial charge in [0.05, 0.1) is 17.6 Å². The summed E-state index contributed by atoms with van der Waals surface area (Å²) in [6.45, 7) is 7.54. The van der Waals surface area contributed by atoms with E-state index in [1.807, 2.05) is 49.1 Å². The average Bonchev–Trinajstić information content (AvgIpc) is 3.15. The third kappa shape index (κ3) is 3.68. The van der Waals surface area contributed by atoms with Gasteiger partial charge < -0.3 is 9.42 Å². The molecule has 1 aliphatic heterocycles. The lowest BCUT2D eigenvalue weighted by Crippen LogP contribution is -2.48. The molecule has 0 radical (unpaired) electrons. The molecule has 3 aromatic rings. The standard InChI is InChI=1S/C20H23N5O2/c1-3-19-22-18(23-27-19)13-24-8-10-25(11-9-24)20(26)16-12-14(2)21-17-7-5-4-6-15(16)17/h4-7,12H,3,8-11,13H2,1-2H3. The molecule has 1 saturated heterocycles. The summed E-state index contributed by atoms with van der Waals surface area (Å²) in [4.78, 5) is 26.2. The van der Waals surface area contributed by atoms with Gasteiger partial charge in [-0.3, -0.25) is 14.7 Å². The molecular formula is C20H23N5O2. The molecule has 4 rings (SSSR count). The minimum atomic E-state index is 0.0733. The highest BCUT2D eigenvalue weighted by molar-refractivity contribution is 6.06. The molecule has 27 heavy (non-hydrogen) atoms. The van der Waals surface area contributed by atoms with E-state index in [4.69, 9.17) is 4.52 Å². The molecule has 3 heterocycles. The number of aryl methyl sites for hydroxylation is 2. The second kappa shape index (κ2) is 7.44. The minimum Gasteiger partial charge on any atom is -0.339 e. The van der Waals surface area contributed by atoms with Crippen molar-refractivity contribution in [2.24, 2.45) is 0 Å². The molecule has 1 aliphatic rings. The summed E-state index contributed by atoms with van der Waals surface area (Å²) in [5.74, 6) is 1.45. The van der Waals surface area contributed by atoms with Crippen molar-refractivity contribution < 1.29 is 9.32 Å². The number of carbonyl (C=O) groups excluding carboxylic acids is 1. The van der Waals surface area contributed by atoms with Crippen LogP contribution in [0.15, 0.2) is 34.9 Å².